The van der Waals surface area contributed by atoms with Gasteiger partial charge in [-0.25, -0.2) is 0 Å². The van der Waals surface area contributed by atoms with Crippen molar-refractivity contribution in [3.63, 3.8) is 0 Å². The highest BCUT2D eigenvalue weighted by molar-refractivity contribution is 7.26. The predicted octanol–water partition coefficient (Wildman–Crippen LogP) is 15.6. The lowest BCUT2D eigenvalue weighted by Gasteiger charge is -2.28. The Morgan fingerprint density at radius 3 is 1.95 bits per heavy atom. The number of thiophene rings is 1. The number of furan rings is 1. The van der Waals surface area contributed by atoms with Crippen LogP contribution in [-0.4, -0.2) is 0 Å². The summed E-state index contributed by atoms with van der Waals surface area (Å²) >= 11 is 1.87. The molecule has 11 rings (SSSR count). The van der Waals surface area contributed by atoms with Gasteiger partial charge in [0.05, 0.1) is 11.1 Å². The molecule has 55 heavy (non-hydrogen) atoms. The summed E-state index contributed by atoms with van der Waals surface area (Å²) in [6, 6.07) is 72.3. The number of nitrogens with zero attached hydrogens (tertiary/aromatic N) is 1. The first-order valence-corrected chi connectivity index (χ1v) is 19.5. The van der Waals surface area contributed by atoms with Gasteiger partial charge < -0.3 is 9.32 Å². The van der Waals surface area contributed by atoms with E-state index in [4.69, 9.17) is 4.42 Å². The SMILES string of the molecule is c1ccc(-c2cc(-c3cccc4c3sc3ccccc34)cc(N(c3ccc(-c4ccc5ccccc5c4)cc3)c3cccc4oc5ccccc5c34)c2)cc1. The fourth-order valence-electron chi connectivity index (χ4n) is 8.21. The summed E-state index contributed by atoms with van der Waals surface area (Å²) in [7, 11) is 0. The highest BCUT2D eigenvalue weighted by Crippen LogP contribution is 2.47. The molecule has 0 saturated heterocycles. The van der Waals surface area contributed by atoms with Gasteiger partial charge in [0.15, 0.2) is 0 Å². The van der Waals surface area contributed by atoms with Gasteiger partial charge in [0.2, 0.25) is 0 Å². The summed E-state index contributed by atoms with van der Waals surface area (Å²) < 4.78 is 9.07. The van der Waals surface area contributed by atoms with E-state index < -0.39 is 0 Å². The lowest BCUT2D eigenvalue weighted by atomic mass is 9.96. The number of anilines is 3. The Bertz CT molecular complexity index is 3210. The maximum Gasteiger partial charge on any atom is 0.137 e. The van der Waals surface area contributed by atoms with Gasteiger partial charge in [-0.3, -0.25) is 0 Å². The third-order valence-corrected chi connectivity index (χ3v) is 12.0. The molecule has 0 bridgehead atoms. The number of hydrogen-bond acceptors (Lipinski definition) is 3. The van der Waals surface area contributed by atoms with E-state index >= 15 is 0 Å². The third-order valence-electron chi connectivity index (χ3n) is 10.8. The number of benzene rings is 9. The Morgan fingerprint density at radius 1 is 0.382 bits per heavy atom. The van der Waals surface area contributed by atoms with Crippen LogP contribution in [0.3, 0.4) is 0 Å². The summed E-state index contributed by atoms with van der Waals surface area (Å²) in [5.74, 6) is 0. The number of rotatable bonds is 6. The van der Waals surface area contributed by atoms with Gasteiger partial charge in [-0.05, 0) is 105 Å². The van der Waals surface area contributed by atoms with Crippen molar-refractivity contribution in [3.05, 3.63) is 200 Å². The highest BCUT2D eigenvalue weighted by atomic mass is 32.1. The lowest BCUT2D eigenvalue weighted by molar-refractivity contribution is 0.669. The summed E-state index contributed by atoms with van der Waals surface area (Å²) in [5.41, 5.74) is 12.1. The van der Waals surface area contributed by atoms with Crippen molar-refractivity contribution < 1.29 is 4.42 Å². The van der Waals surface area contributed by atoms with E-state index in [0.29, 0.717) is 0 Å². The molecule has 258 valence electrons. The van der Waals surface area contributed by atoms with Gasteiger partial charge in [0.25, 0.3) is 0 Å². The van der Waals surface area contributed by atoms with Crippen molar-refractivity contribution in [2.24, 2.45) is 0 Å². The minimum absolute atomic E-state index is 0.867. The van der Waals surface area contributed by atoms with Crippen LogP contribution in [-0.2, 0) is 0 Å². The Morgan fingerprint density at radius 2 is 1.05 bits per heavy atom. The lowest BCUT2D eigenvalue weighted by Crippen LogP contribution is -2.11. The van der Waals surface area contributed by atoms with Crippen LogP contribution in [0.2, 0.25) is 0 Å². The average molecular weight is 720 g/mol. The molecule has 0 aliphatic heterocycles. The second-order valence-electron chi connectivity index (χ2n) is 14.1. The fraction of sp³-hybridized carbons (Fsp3) is 0. The van der Waals surface area contributed by atoms with Crippen molar-refractivity contribution in [1.29, 1.82) is 0 Å². The van der Waals surface area contributed by atoms with Crippen LogP contribution in [0.15, 0.2) is 205 Å². The number of para-hydroxylation sites is 1. The van der Waals surface area contributed by atoms with Crippen LogP contribution in [0.25, 0.3) is 86.3 Å². The first-order chi connectivity index (χ1) is 27.2. The first kappa shape index (κ1) is 31.6. The molecule has 0 aliphatic rings. The molecule has 0 saturated carbocycles. The van der Waals surface area contributed by atoms with Gasteiger partial charge in [-0.2, -0.15) is 0 Å². The van der Waals surface area contributed by atoms with E-state index in [1.165, 1.54) is 58.8 Å². The zero-order valence-electron chi connectivity index (χ0n) is 29.8. The molecule has 2 nitrogen and oxygen atoms in total. The third kappa shape index (κ3) is 5.40. The molecular weight excluding hydrogens is 687 g/mol. The van der Waals surface area contributed by atoms with Crippen LogP contribution in [0.4, 0.5) is 17.1 Å². The van der Waals surface area contributed by atoms with Gasteiger partial charge in [0.1, 0.15) is 11.2 Å². The molecule has 0 N–H and O–H groups in total. The molecule has 0 aliphatic carbocycles. The Kier molecular flexibility index (Phi) is 7.39. The zero-order chi connectivity index (χ0) is 36.3. The maximum atomic E-state index is 6.46. The molecule has 11 aromatic rings. The molecule has 0 unspecified atom stereocenters. The molecule has 0 radical (unpaired) electrons. The van der Waals surface area contributed by atoms with Crippen LogP contribution in [0.1, 0.15) is 0 Å². The topological polar surface area (TPSA) is 16.4 Å². The van der Waals surface area contributed by atoms with Crippen LogP contribution < -0.4 is 4.90 Å². The summed E-state index contributed by atoms with van der Waals surface area (Å²) in [6.45, 7) is 0. The molecule has 0 atom stereocenters. The Balaban J connectivity index is 1.16. The first-order valence-electron chi connectivity index (χ1n) is 18.7. The molecule has 9 aromatic carbocycles. The van der Waals surface area contributed by atoms with Crippen LogP contribution in [0, 0.1) is 0 Å². The van der Waals surface area contributed by atoms with Crippen LogP contribution in [0.5, 0.6) is 0 Å². The predicted molar refractivity (Wildman–Crippen MR) is 235 cm³/mol. The van der Waals surface area contributed by atoms with Crippen molar-refractivity contribution in [2.45, 2.75) is 0 Å². The smallest absolute Gasteiger partial charge is 0.137 e. The minimum atomic E-state index is 0.867. The minimum Gasteiger partial charge on any atom is -0.456 e. The largest absolute Gasteiger partial charge is 0.456 e. The second kappa shape index (κ2) is 12.9. The number of fused-ring (bicyclic) bond motifs is 7. The summed E-state index contributed by atoms with van der Waals surface area (Å²) in [6.07, 6.45) is 0. The van der Waals surface area contributed by atoms with Gasteiger partial charge in [0, 0.05) is 36.9 Å². The molecule has 0 amide bonds. The fourth-order valence-corrected chi connectivity index (χ4v) is 9.45. The van der Waals surface area contributed by atoms with Gasteiger partial charge in [-0.15, -0.1) is 11.3 Å². The van der Waals surface area contributed by atoms with E-state index in [1.807, 2.05) is 17.4 Å². The molecule has 0 spiro atoms. The molecular formula is C52H33NOS. The van der Waals surface area contributed by atoms with Gasteiger partial charge >= 0.3 is 0 Å². The monoisotopic (exact) mass is 719 g/mol. The average Bonchev–Trinajstić information content (AvgIpc) is 3.83. The van der Waals surface area contributed by atoms with E-state index in [2.05, 4.69) is 199 Å². The standard InChI is InChI=1S/C52H33NOS/c1-2-12-34(13-3-1)39-31-40(43-18-10-19-45-44-16-7-9-23-50(44)55-52(43)45)33-42(32-39)53(47-20-11-22-49-51(47)46-17-6-8-21-48(46)54-49)41-28-26-36(27-29-41)38-25-24-35-14-4-5-15-37(35)30-38/h1-33H. The zero-order valence-corrected chi connectivity index (χ0v) is 30.6. The molecule has 0 fully saturated rings. The van der Waals surface area contributed by atoms with Crippen molar-refractivity contribution >= 4 is 81.3 Å². The van der Waals surface area contributed by atoms with E-state index in [1.54, 1.807) is 0 Å². The van der Waals surface area contributed by atoms with Gasteiger partial charge in [-0.1, -0.05) is 140 Å². The van der Waals surface area contributed by atoms with Crippen molar-refractivity contribution in [1.82, 2.24) is 0 Å². The number of hydrogen-bond donors (Lipinski definition) is 0. The molecule has 3 heteroatoms. The second-order valence-corrected chi connectivity index (χ2v) is 15.2. The molecule has 2 aromatic heterocycles. The van der Waals surface area contributed by atoms with E-state index in [9.17, 15) is 0 Å². The van der Waals surface area contributed by atoms with E-state index in [-0.39, 0.29) is 0 Å². The van der Waals surface area contributed by atoms with Crippen LogP contribution >= 0.6 is 11.3 Å². The highest BCUT2D eigenvalue weighted by Gasteiger charge is 2.22. The van der Waals surface area contributed by atoms with Crippen molar-refractivity contribution in [2.75, 3.05) is 4.90 Å². The summed E-state index contributed by atoms with van der Waals surface area (Å²) in [4.78, 5) is 2.41. The Labute approximate surface area is 322 Å². The normalized spacial score (nSPS) is 11.6. The summed E-state index contributed by atoms with van der Waals surface area (Å²) in [5, 5.41) is 7.27. The molecule has 2 heterocycles. The Hall–Kier alpha value is -6.94. The maximum absolute atomic E-state index is 6.46. The van der Waals surface area contributed by atoms with Crippen molar-refractivity contribution in [3.8, 4) is 33.4 Å². The quantitative estimate of drug-likeness (QED) is 0.170. The van der Waals surface area contributed by atoms with E-state index in [0.717, 1.165) is 44.6 Å².